The monoisotopic (exact) mass is 542 g/mol. The first-order valence-electron chi connectivity index (χ1n) is 12.0. The minimum atomic E-state index is -0.825. The lowest BCUT2D eigenvalue weighted by Gasteiger charge is -2.28. The smallest absolute Gasteiger partial charge is 0.258 e. The quantitative estimate of drug-likeness (QED) is 0.361. The highest BCUT2D eigenvalue weighted by Gasteiger charge is 2.36. The number of amides is 3. The maximum absolute atomic E-state index is 13.7. The van der Waals surface area contributed by atoms with Crippen LogP contribution in [0.4, 0.5) is 11.6 Å². The third kappa shape index (κ3) is 5.86. The highest BCUT2D eigenvalue weighted by Crippen LogP contribution is 2.28. The third-order valence-electron chi connectivity index (χ3n) is 6.20. The molecule has 4 aromatic rings. The highest BCUT2D eigenvalue weighted by atomic mass is 35.5. The van der Waals surface area contributed by atoms with Gasteiger partial charge >= 0.3 is 0 Å². The number of fused-ring (bicyclic) bond motifs is 1. The van der Waals surface area contributed by atoms with Crippen LogP contribution in [0, 0.1) is 0 Å². The number of carbonyl (C=O) groups is 3. The molecule has 39 heavy (non-hydrogen) atoms. The van der Waals surface area contributed by atoms with Crippen LogP contribution in [0.1, 0.15) is 32.0 Å². The first kappa shape index (κ1) is 25.8. The number of benzene rings is 2. The molecule has 3 amide bonds. The Labute approximate surface area is 229 Å². The van der Waals surface area contributed by atoms with Crippen LogP contribution in [0.25, 0.3) is 0 Å². The summed E-state index contributed by atoms with van der Waals surface area (Å²) in [6.45, 7) is 0.134. The van der Waals surface area contributed by atoms with Gasteiger partial charge in [0.1, 0.15) is 6.04 Å². The van der Waals surface area contributed by atoms with E-state index in [0.29, 0.717) is 33.3 Å². The molecular formula is C28H23ClN6O4. The van der Waals surface area contributed by atoms with Crippen LogP contribution in [0.2, 0.25) is 5.02 Å². The Morgan fingerprint density at radius 2 is 1.82 bits per heavy atom. The number of carbonyl (C=O) groups excluding carboxylic acids is 3. The molecule has 0 saturated carbocycles. The van der Waals surface area contributed by atoms with Crippen molar-refractivity contribution in [2.24, 2.45) is 0 Å². The van der Waals surface area contributed by atoms with E-state index < -0.39 is 11.9 Å². The van der Waals surface area contributed by atoms with Gasteiger partial charge in [-0.2, -0.15) is 0 Å². The van der Waals surface area contributed by atoms with E-state index in [9.17, 15) is 14.4 Å². The fourth-order valence-corrected chi connectivity index (χ4v) is 4.35. The Kier molecular flexibility index (Phi) is 7.46. The summed E-state index contributed by atoms with van der Waals surface area (Å²) in [7, 11) is 1.50. The number of hydrogen-bond donors (Lipinski definition) is 2. The summed E-state index contributed by atoms with van der Waals surface area (Å²) < 4.78 is 5.02. The summed E-state index contributed by atoms with van der Waals surface area (Å²) in [5.41, 5.74) is 2.48. The van der Waals surface area contributed by atoms with E-state index in [-0.39, 0.29) is 30.7 Å². The van der Waals surface area contributed by atoms with Gasteiger partial charge in [0.2, 0.25) is 11.9 Å². The van der Waals surface area contributed by atoms with Gasteiger partial charge in [0.25, 0.3) is 11.8 Å². The number of hydrogen-bond acceptors (Lipinski definition) is 7. The molecule has 196 valence electrons. The molecule has 0 aliphatic carbocycles. The number of methoxy groups -OCH3 is 1. The topological polar surface area (TPSA) is 126 Å². The van der Waals surface area contributed by atoms with Crippen LogP contribution in [-0.4, -0.2) is 50.7 Å². The van der Waals surface area contributed by atoms with Gasteiger partial charge in [0, 0.05) is 35.4 Å². The number of aromatic nitrogens is 3. The van der Waals surface area contributed by atoms with E-state index in [4.69, 9.17) is 16.3 Å². The zero-order chi connectivity index (χ0) is 27.4. The van der Waals surface area contributed by atoms with Crippen LogP contribution in [0.15, 0.2) is 79.3 Å². The van der Waals surface area contributed by atoms with Crippen molar-refractivity contribution >= 4 is 41.0 Å². The van der Waals surface area contributed by atoms with E-state index >= 15 is 0 Å². The second-order valence-electron chi connectivity index (χ2n) is 8.75. The molecule has 0 bridgehead atoms. The van der Waals surface area contributed by atoms with Gasteiger partial charge in [-0.15, -0.1) is 0 Å². The van der Waals surface area contributed by atoms with Crippen molar-refractivity contribution in [2.75, 3.05) is 17.7 Å². The summed E-state index contributed by atoms with van der Waals surface area (Å²) in [5, 5.41) is 5.89. The molecular weight excluding hydrogens is 520 g/mol. The van der Waals surface area contributed by atoms with Crippen LogP contribution in [-0.2, 0) is 17.8 Å². The molecule has 1 atom stereocenters. The van der Waals surface area contributed by atoms with E-state index in [0.717, 1.165) is 5.56 Å². The molecule has 2 N–H and O–H groups in total. The molecule has 0 saturated heterocycles. The Balaban J connectivity index is 1.39. The lowest BCUT2D eigenvalue weighted by atomic mass is 10.0. The molecule has 1 unspecified atom stereocenters. The normalized spacial score (nSPS) is 14.7. The number of nitrogens with zero attached hydrogens (tertiary/aromatic N) is 4. The molecule has 3 heterocycles. The molecule has 1 aliphatic rings. The van der Waals surface area contributed by atoms with Gasteiger partial charge < -0.3 is 15.0 Å². The molecule has 5 rings (SSSR count). The number of pyridine rings is 1. The number of nitrogens with one attached hydrogen (secondary N) is 2. The average molecular weight is 543 g/mol. The largest absolute Gasteiger partial charge is 0.494 e. The first-order valence-corrected chi connectivity index (χ1v) is 12.4. The lowest BCUT2D eigenvalue weighted by Crippen LogP contribution is -2.46. The molecule has 1 aliphatic heterocycles. The van der Waals surface area contributed by atoms with Gasteiger partial charge in [-0.25, -0.2) is 9.97 Å². The lowest BCUT2D eigenvalue weighted by molar-refractivity contribution is -0.120. The summed E-state index contributed by atoms with van der Waals surface area (Å²) in [6, 6.07) is 16.1. The molecule has 2 aromatic carbocycles. The first-order chi connectivity index (χ1) is 18.9. The number of halogens is 1. The Bertz CT molecular complexity index is 1510. The minimum Gasteiger partial charge on any atom is -0.494 e. The van der Waals surface area contributed by atoms with Crippen molar-refractivity contribution < 1.29 is 19.1 Å². The van der Waals surface area contributed by atoms with Crippen LogP contribution >= 0.6 is 11.6 Å². The van der Waals surface area contributed by atoms with E-state index in [1.165, 1.54) is 24.4 Å². The molecule has 0 spiro atoms. The van der Waals surface area contributed by atoms with Gasteiger partial charge in [-0.1, -0.05) is 29.8 Å². The van der Waals surface area contributed by atoms with E-state index in [2.05, 4.69) is 25.6 Å². The Morgan fingerprint density at radius 1 is 1.05 bits per heavy atom. The number of rotatable bonds is 7. The van der Waals surface area contributed by atoms with E-state index in [1.807, 2.05) is 12.1 Å². The van der Waals surface area contributed by atoms with Crippen molar-refractivity contribution in [3.63, 3.8) is 0 Å². The molecule has 0 radical (unpaired) electrons. The third-order valence-corrected chi connectivity index (χ3v) is 6.43. The van der Waals surface area contributed by atoms with Crippen molar-refractivity contribution in [1.82, 2.24) is 19.9 Å². The fourth-order valence-electron chi connectivity index (χ4n) is 4.18. The predicted molar refractivity (Wildman–Crippen MR) is 145 cm³/mol. The summed E-state index contributed by atoms with van der Waals surface area (Å²) in [6.07, 6.45) is 4.77. The maximum atomic E-state index is 13.7. The highest BCUT2D eigenvalue weighted by molar-refractivity contribution is 6.31. The van der Waals surface area contributed by atoms with Gasteiger partial charge in [-0.05, 0) is 48.0 Å². The van der Waals surface area contributed by atoms with Gasteiger partial charge in [0.15, 0.2) is 5.75 Å². The SMILES string of the molecule is COc1cnc(NC(=O)c2ccc(CN3C(=O)c4ccc(Cl)cc4NC(=O)C3Cc3ccccn3)cc2)nc1. The van der Waals surface area contributed by atoms with Crippen molar-refractivity contribution in [3.8, 4) is 5.75 Å². The summed E-state index contributed by atoms with van der Waals surface area (Å²) >= 11 is 6.13. The van der Waals surface area contributed by atoms with Crippen LogP contribution < -0.4 is 15.4 Å². The van der Waals surface area contributed by atoms with Crippen LogP contribution in [0.3, 0.4) is 0 Å². The van der Waals surface area contributed by atoms with Gasteiger partial charge in [0.05, 0.1) is 30.8 Å². The Hall–Kier alpha value is -4.83. The zero-order valence-corrected chi connectivity index (χ0v) is 21.6. The maximum Gasteiger partial charge on any atom is 0.258 e. The molecule has 10 nitrogen and oxygen atoms in total. The summed E-state index contributed by atoms with van der Waals surface area (Å²) in [4.78, 5) is 53.7. The predicted octanol–water partition coefficient (Wildman–Crippen LogP) is 3.99. The molecule has 2 aromatic heterocycles. The summed E-state index contributed by atoms with van der Waals surface area (Å²) in [5.74, 6) is -0.441. The van der Waals surface area contributed by atoms with Crippen LogP contribution in [0.5, 0.6) is 5.75 Å². The molecule has 0 fully saturated rings. The van der Waals surface area contributed by atoms with Crippen molar-refractivity contribution in [2.45, 2.75) is 19.0 Å². The van der Waals surface area contributed by atoms with Gasteiger partial charge in [-0.3, -0.25) is 24.7 Å². The van der Waals surface area contributed by atoms with Crippen molar-refractivity contribution in [3.05, 3.63) is 107 Å². The Morgan fingerprint density at radius 3 is 2.51 bits per heavy atom. The van der Waals surface area contributed by atoms with E-state index in [1.54, 1.807) is 54.7 Å². The zero-order valence-electron chi connectivity index (χ0n) is 20.8. The number of ether oxygens (including phenoxy) is 1. The molecule has 11 heteroatoms. The standard InChI is InChI=1S/C28H23ClN6O4/c1-39-21-14-31-28(32-15-21)34-25(36)18-7-5-17(6-8-18)16-35-24(13-20-4-2-3-11-30-20)26(37)33-23-12-19(29)9-10-22(23)27(35)38/h2-12,14-15,24H,13,16H2,1H3,(H,33,37)(H,31,32,34,36). The number of anilines is 2. The second kappa shape index (κ2) is 11.3. The van der Waals surface area contributed by atoms with Crippen molar-refractivity contribution in [1.29, 1.82) is 0 Å². The second-order valence-corrected chi connectivity index (χ2v) is 9.19. The average Bonchev–Trinajstić information content (AvgIpc) is 3.04. The fraction of sp³-hybridized carbons (Fsp3) is 0.143. The minimum absolute atomic E-state index is 0.134.